The monoisotopic (exact) mass is 330 g/mol. The van der Waals surface area contributed by atoms with Crippen molar-refractivity contribution >= 4 is 17.0 Å². The van der Waals surface area contributed by atoms with Crippen molar-refractivity contribution in [3.8, 4) is 5.75 Å². The van der Waals surface area contributed by atoms with Crippen molar-refractivity contribution in [1.82, 2.24) is 10.3 Å². The first kappa shape index (κ1) is 15.8. The molecule has 0 radical (unpaired) electrons. The second-order valence-corrected chi connectivity index (χ2v) is 5.19. The van der Waals surface area contributed by atoms with Crippen molar-refractivity contribution in [1.29, 1.82) is 0 Å². The van der Waals surface area contributed by atoms with Crippen LogP contribution in [-0.2, 0) is 11.2 Å². The van der Waals surface area contributed by atoms with Crippen LogP contribution in [0.3, 0.4) is 0 Å². The lowest BCUT2D eigenvalue weighted by molar-refractivity contribution is -0.123. The Kier molecular flexibility index (Phi) is 4.60. The number of nitrogens with one attached hydrogen (secondary N) is 2. The van der Waals surface area contributed by atoms with Crippen LogP contribution in [0.25, 0.3) is 11.1 Å². The van der Waals surface area contributed by atoms with Crippen LogP contribution in [0.15, 0.2) is 51.7 Å². The molecule has 7 heteroatoms. The van der Waals surface area contributed by atoms with E-state index < -0.39 is 11.6 Å². The third kappa shape index (κ3) is 4.01. The number of carbonyl (C=O) groups is 1. The molecule has 0 aliphatic rings. The first-order valence-electron chi connectivity index (χ1n) is 7.37. The van der Waals surface area contributed by atoms with Gasteiger partial charge in [0.1, 0.15) is 11.6 Å². The molecule has 1 aromatic heterocycles. The van der Waals surface area contributed by atoms with Gasteiger partial charge >= 0.3 is 5.76 Å². The summed E-state index contributed by atoms with van der Waals surface area (Å²) in [5, 5.41) is 2.72. The topological polar surface area (TPSA) is 84.3 Å². The maximum absolute atomic E-state index is 13.0. The Balaban J connectivity index is 1.46. The number of oxazole rings is 1. The Bertz CT molecular complexity index is 916. The first-order valence-corrected chi connectivity index (χ1v) is 7.37. The average molecular weight is 330 g/mol. The summed E-state index contributed by atoms with van der Waals surface area (Å²) in [6.45, 7) is 0.233. The van der Waals surface area contributed by atoms with Crippen LogP contribution < -0.4 is 15.8 Å². The number of ether oxygens (including phenoxy) is 1. The van der Waals surface area contributed by atoms with Crippen molar-refractivity contribution < 1.29 is 18.3 Å². The summed E-state index contributed by atoms with van der Waals surface area (Å²) in [5.74, 6) is -0.901. The SMILES string of the molecule is O=C(COc1cccc(F)c1)NCCc1ccc2oc(=O)[nH]c2c1. The summed E-state index contributed by atoms with van der Waals surface area (Å²) in [5.41, 5.74) is 2.07. The van der Waals surface area contributed by atoms with E-state index in [4.69, 9.17) is 9.15 Å². The molecule has 2 aromatic carbocycles. The largest absolute Gasteiger partial charge is 0.484 e. The molecule has 0 unspecified atom stereocenters. The molecule has 0 aliphatic carbocycles. The number of hydrogen-bond acceptors (Lipinski definition) is 4. The first-order chi connectivity index (χ1) is 11.6. The van der Waals surface area contributed by atoms with E-state index in [1.807, 2.05) is 6.07 Å². The zero-order chi connectivity index (χ0) is 16.9. The van der Waals surface area contributed by atoms with Gasteiger partial charge in [0.2, 0.25) is 0 Å². The summed E-state index contributed by atoms with van der Waals surface area (Å²) in [6.07, 6.45) is 0.592. The molecule has 3 rings (SSSR count). The summed E-state index contributed by atoms with van der Waals surface area (Å²) >= 11 is 0. The van der Waals surface area contributed by atoms with Gasteiger partial charge in [0.05, 0.1) is 5.52 Å². The van der Waals surface area contributed by atoms with E-state index >= 15 is 0 Å². The van der Waals surface area contributed by atoms with Gasteiger partial charge in [-0.1, -0.05) is 12.1 Å². The predicted molar refractivity (Wildman–Crippen MR) is 85.4 cm³/mol. The van der Waals surface area contributed by atoms with Crippen molar-refractivity contribution in [2.45, 2.75) is 6.42 Å². The Morgan fingerprint density at radius 1 is 1.25 bits per heavy atom. The lowest BCUT2D eigenvalue weighted by Gasteiger charge is -2.07. The molecule has 6 nitrogen and oxygen atoms in total. The third-order valence-corrected chi connectivity index (χ3v) is 3.39. The van der Waals surface area contributed by atoms with Gasteiger partial charge in [-0.25, -0.2) is 9.18 Å². The van der Waals surface area contributed by atoms with Gasteiger partial charge in [0.25, 0.3) is 5.91 Å². The molecular formula is C17H15FN2O4. The van der Waals surface area contributed by atoms with E-state index in [2.05, 4.69) is 10.3 Å². The van der Waals surface area contributed by atoms with E-state index in [9.17, 15) is 14.0 Å². The highest BCUT2D eigenvalue weighted by Gasteiger charge is 2.05. The van der Waals surface area contributed by atoms with E-state index in [1.165, 1.54) is 18.2 Å². The number of benzene rings is 2. The summed E-state index contributed by atoms with van der Waals surface area (Å²) < 4.78 is 23.1. The lowest BCUT2D eigenvalue weighted by atomic mass is 10.1. The van der Waals surface area contributed by atoms with Gasteiger partial charge in [-0.2, -0.15) is 0 Å². The van der Waals surface area contributed by atoms with Gasteiger partial charge < -0.3 is 14.5 Å². The highest BCUT2D eigenvalue weighted by atomic mass is 19.1. The highest BCUT2D eigenvalue weighted by molar-refractivity contribution is 5.77. The second kappa shape index (κ2) is 6.99. The molecule has 2 N–H and O–H groups in total. The minimum absolute atomic E-state index is 0.183. The van der Waals surface area contributed by atoms with Gasteiger partial charge in [0, 0.05) is 12.6 Å². The standard InChI is InChI=1S/C17H15FN2O4/c18-12-2-1-3-13(9-12)23-10-16(21)19-7-6-11-4-5-15-14(8-11)20-17(22)24-15/h1-5,8-9H,6-7,10H2,(H,19,21)(H,20,22). The van der Waals surface area contributed by atoms with Crippen molar-refractivity contribution in [2.24, 2.45) is 0 Å². The minimum Gasteiger partial charge on any atom is -0.484 e. The number of aromatic nitrogens is 1. The fraction of sp³-hybridized carbons (Fsp3) is 0.176. The molecule has 1 amide bonds. The summed E-state index contributed by atoms with van der Waals surface area (Å²) in [6, 6.07) is 10.9. The number of hydrogen-bond donors (Lipinski definition) is 2. The van der Waals surface area contributed by atoms with Crippen molar-refractivity contribution in [3.05, 3.63) is 64.4 Å². The van der Waals surface area contributed by atoms with E-state index in [1.54, 1.807) is 18.2 Å². The molecule has 24 heavy (non-hydrogen) atoms. The normalized spacial score (nSPS) is 10.7. The second-order valence-electron chi connectivity index (χ2n) is 5.19. The van der Waals surface area contributed by atoms with E-state index in [0.717, 1.165) is 5.56 Å². The number of fused-ring (bicyclic) bond motifs is 1. The molecule has 0 atom stereocenters. The van der Waals surface area contributed by atoms with E-state index in [-0.39, 0.29) is 12.5 Å². The molecule has 0 aliphatic heterocycles. The van der Waals surface area contributed by atoms with Crippen LogP contribution in [0.1, 0.15) is 5.56 Å². The maximum Gasteiger partial charge on any atom is 0.417 e. The number of amides is 1. The fourth-order valence-electron chi connectivity index (χ4n) is 2.26. The van der Waals surface area contributed by atoms with Crippen LogP contribution in [0, 0.1) is 5.82 Å². The van der Waals surface area contributed by atoms with Crippen LogP contribution in [0.4, 0.5) is 4.39 Å². The van der Waals surface area contributed by atoms with Crippen molar-refractivity contribution in [3.63, 3.8) is 0 Å². The third-order valence-electron chi connectivity index (χ3n) is 3.39. The Labute approximate surface area is 136 Å². The van der Waals surface area contributed by atoms with Crippen LogP contribution in [-0.4, -0.2) is 24.0 Å². The number of aromatic amines is 1. The van der Waals surface area contributed by atoms with E-state index in [0.29, 0.717) is 29.8 Å². The molecule has 0 fully saturated rings. The molecule has 0 saturated carbocycles. The molecule has 0 spiro atoms. The lowest BCUT2D eigenvalue weighted by Crippen LogP contribution is -2.30. The average Bonchev–Trinajstić information content (AvgIpc) is 2.92. The molecule has 3 aromatic rings. The highest BCUT2D eigenvalue weighted by Crippen LogP contribution is 2.13. The molecule has 1 heterocycles. The summed E-state index contributed by atoms with van der Waals surface area (Å²) in [4.78, 5) is 25.4. The van der Waals surface area contributed by atoms with Crippen LogP contribution in [0.2, 0.25) is 0 Å². The number of rotatable bonds is 6. The molecular weight excluding hydrogens is 315 g/mol. The zero-order valence-electron chi connectivity index (χ0n) is 12.7. The Hall–Kier alpha value is -3.09. The number of H-pyrrole nitrogens is 1. The van der Waals surface area contributed by atoms with Crippen LogP contribution >= 0.6 is 0 Å². The fourth-order valence-corrected chi connectivity index (χ4v) is 2.26. The Morgan fingerprint density at radius 2 is 2.12 bits per heavy atom. The van der Waals surface area contributed by atoms with Crippen LogP contribution in [0.5, 0.6) is 5.75 Å². The Morgan fingerprint density at radius 3 is 2.96 bits per heavy atom. The quantitative estimate of drug-likeness (QED) is 0.724. The van der Waals surface area contributed by atoms with Crippen molar-refractivity contribution in [2.75, 3.05) is 13.2 Å². The smallest absolute Gasteiger partial charge is 0.417 e. The van der Waals surface area contributed by atoms with Gasteiger partial charge in [0.15, 0.2) is 12.2 Å². The number of carbonyl (C=O) groups excluding carboxylic acids is 1. The zero-order valence-corrected chi connectivity index (χ0v) is 12.7. The van der Waals surface area contributed by atoms with Gasteiger partial charge in [-0.3, -0.25) is 9.78 Å². The molecule has 0 bridgehead atoms. The summed E-state index contributed by atoms with van der Waals surface area (Å²) in [7, 11) is 0. The van der Waals surface area contributed by atoms with Gasteiger partial charge in [-0.15, -0.1) is 0 Å². The number of halogens is 1. The molecule has 124 valence electrons. The molecule has 0 saturated heterocycles. The van der Waals surface area contributed by atoms with Gasteiger partial charge in [-0.05, 0) is 36.2 Å². The predicted octanol–water partition coefficient (Wildman–Crippen LogP) is 2.00. The minimum atomic E-state index is -0.495. The maximum atomic E-state index is 13.0.